The van der Waals surface area contributed by atoms with Gasteiger partial charge in [0.25, 0.3) is 0 Å². The van der Waals surface area contributed by atoms with Crippen LogP contribution in [0.4, 0.5) is 0 Å². The second-order valence-corrected chi connectivity index (χ2v) is 20.6. The number of hydrogen-bond donors (Lipinski definition) is 1. The molecule has 4 fully saturated rings. The molecule has 4 saturated carbocycles. The zero-order valence-corrected chi connectivity index (χ0v) is 30.3. The Morgan fingerprint density at radius 2 is 1.22 bits per heavy atom. The Labute approximate surface area is 252 Å². The number of unbranched alkanes of at least 4 members (excludes halogenated alkanes) is 8. The van der Waals surface area contributed by atoms with E-state index in [-0.39, 0.29) is 24.8 Å². The van der Waals surface area contributed by atoms with E-state index >= 15 is 0 Å². The molecule has 0 heterocycles. The molecule has 0 aliphatic heterocycles. The van der Waals surface area contributed by atoms with Crippen molar-refractivity contribution in [3.63, 3.8) is 0 Å². The third-order valence-corrected chi connectivity index (χ3v) is 17.4. The predicted octanol–water partition coefficient (Wildman–Crippen LogP) is 9.53. The summed E-state index contributed by atoms with van der Waals surface area (Å²) in [6.45, 7) is 9.82. The fourth-order valence-electron chi connectivity index (χ4n) is 9.24. The van der Waals surface area contributed by atoms with E-state index in [1.165, 1.54) is 111 Å². The van der Waals surface area contributed by atoms with Gasteiger partial charge in [0.05, 0.1) is 0 Å². The first-order valence-corrected chi connectivity index (χ1v) is 23.3. The van der Waals surface area contributed by atoms with Gasteiger partial charge in [-0.2, -0.15) is 0 Å². The number of rotatable bonds is 16. The average molecular weight is 606 g/mol. The molecule has 215 valence electrons. The zero-order valence-electron chi connectivity index (χ0n) is 25.1. The molecule has 4 bridgehead atoms. The molecule has 0 spiro atoms. The third-order valence-electron chi connectivity index (χ3n) is 10.4. The Morgan fingerprint density at radius 1 is 0.730 bits per heavy atom. The van der Waals surface area contributed by atoms with E-state index in [1.54, 1.807) is 19.3 Å². The molecule has 0 saturated heterocycles. The van der Waals surface area contributed by atoms with E-state index in [1.807, 2.05) is 20.6 Å². The van der Waals surface area contributed by atoms with Gasteiger partial charge in [-0.15, -0.1) is 24.8 Å². The Kier molecular flexibility index (Phi) is 15.1. The summed E-state index contributed by atoms with van der Waals surface area (Å²) in [6, 6.07) is 0. The van der Waals surface area contributed by atoms with E-state index in [2.05, 4.69) is 31.5 Å². The molecule has 5 heteroatoms. The number of nitrogens with one attached hydrogen (secondary N) is 1. The van der Waals surface area contributed by atoms with Crippen molar-refractivity contribution in [3.05, 3.63) is 20.6 Å². The van der Waals surface area contributed by atoms with E-state index < -0.39 is 17.4 Å². The van der Waals surface area contributed by atoms with Crippen LogP contribution in [0.15, 0.2) is 20.6 Å². The molecule has 1 nitrogen and oxygen atoms in total. The van der Waals surface area contributed by atoms with Gasteiger partial charge in [-0.1, -0.05) is 0 Å². The van der Waals surface area contributed by atoms with Gasteiger partial charge in [-0.05, 0) is 0 Å². The van der Waals surface area contributed by atoms with Crippen LogP contribution >= 0.6 is 24.8 Å². The molecule has 5 aliphatic carbocycles. The van der Waals surface area contributed by atoms with Gasteiger partial charge in [-0.3, -0.25) is 0 Å². The number of halogens is 2. The van der Waals surface area contributed by atoms with Crippen molar-refractivity contribution in [2.24, 2.45) is 23.7 Å². The maximum absolute atomic E-state index is 4.61. The summed E-state index contributed by atoms with van der Waals surface area (Å²) < 4.78 is 6.64. The van der Waals surface area contributed by atoms with Crippen molar-refractivity contribution in [1.29, 1.82) is 0 Å². The molecule has 0 aromatic rings. The maximum atomic E-state index is 4.61. The SMILES string of the molecule is CCCCCCCCC1=C(CCCCCC)C(CC)=[C]([Ti]([SiH3])[NH]C23CC4CC(CC(C4)C2)C3)C1C.Cl.Cl. The molecular weight excluding hydrogens is 545 g/mol. The fraction of sp³-hybridized carbons (Fsp3) is 0.875. The van der Waals surface area contributed by atoms with Crippen LogP contribution in [0.2, 0.25) is 0 Å². The predicted molar refractivity (Wildman–Crippen MR) is 169 cm³/mol. The van der Waals surface area contributed by atoms with Crippen LogP contribution in [0.1, 0.15) is 150 Å². The molecule has 1 atom stereocenters. The minimum Gasteiger partial charge on any atom is -0.147 e. The van der Waals surface area contributed by atoms with Crippen molar-refractivity contribution in [1.82, 2.24) is 3.80 Å². The summed E-state index contributed by atoms with van der Waals surface area (Å²) in [5.41, 5.74) is 6.25. The summed E-state index contributed by atoms with van der Waals surface area (Å²) in [5.74, 6) is 3.98. The summed E-state index contributed by atoms with van der Waals surface area (Å²) in [7, 11) is 1.43. The average Bonchev–Trinajstić information content (AvgIpc) is 3.08. The number of hydrogen-bond acceptors (Lipinski definition) is 1. The molecule has 0 aromatic carbocycles. The zero-order chi connectivity index (χ0) is 24.8. The first-order chi connectivity index (χ1) is 17.0. The smallest absolute Gasteiger partial charge is 0.147 e. The molecule has 1 N–H and O–H groups in total. The quantitative estimate of drug-likeness (QED) is 0.137. The van der Waals surface area contributed by atoms with Crippen molar-refractivity contribution in [3.8, 4) is 0 Å². The summed E-state index contributed by atoms with van der Waals surface area (Å²) in [4.78, 5) is 0. The molecule has 5 aliphatic rings. The van der Waals surface area contributed by atoms with Crippen LogP contribution in [-0.2, 0) is 17.4 Å². The van der Waals surface area contributed by atoms with Gasteiger partial charge < -0.3 is 0 Å². The van der Waals surface area contributed by atoms with Crippen LogP contribution in [0.5, 0.6) is 0 Å². The third kappa shape index (κ3) is 8.48. The van der Waals surface area contributed by atoms with E-state index in [4.69, 9.17) is 0 Å². The van der Waals surface area contributed by atoms with Gasteiger partial charge in [-0.25, -0.2) is 0 Å². The molecule has 0 radical (unpaired) electrons. The molecular formula is C32H60Cl2NSiTi. The van der Waals surface area contributed by atoms with Crippen LogP contribution in [0.3, 0.4) is 0 Å². The Bertz CT molecular complexity index is 729. The molecule has 0 aromatic heterocycles. The fourth-order valence-corrected chi connectivity index (χ4v) is 18.9. The van der Waals surface area contributed by atoms with Crippen molar-refractivity contribution in [2.45, 2.75) is 155 Å². The molecule has 37 heavy (non-hydrogen) atoms. The van der Waals surface area contributed by atoms with Crippen LogP contribution in [-0.4, -0.2) is 13.6 Å². The summed E-state index contributed by atoms with van der Waals surface area (Å²) >= 11 is -1.34. The normalized spacial score (nSPS) is 30.2. The van der Waals surface area contributed by atoms with E-state index in [0.29, 0.717) is 5.54 Å². The van der Waals surface area contributed by atoms with Gasteiger partial charge in [0.2, 0.25) is 0 Å². The second-order valence-electron chi connectivity index (χ2n) is 13.2. The van der Waals surface area contributed by atoms with Crippen LogP contribution in [0.25, 0.3) is 0 Å². The van der Waals surface area contributed by atoms with Crippen LogP contribution in [0, 0.1) is 23.7 Å². The van der Waals surface area contributed by atoms with E-state index in [0.717, 1.165) is 23.7 Å². The van der Waals surface area contributed by atoms with Crippen molar-refractivity contribution < 1.29 is 17.4 Å². The summed E-state index contributed by atoms with van der Waals surface area (Å²) in [6.07, 6.45) is 27.6. The minimum absolute atomic E-state index is 0. The van der Waals surface area contributed by atoms with Gasteiger partial charge in [0.1, 0.15) is 0 Å². The van der Waals surface area contributed by atoms with Crippen molar-refractivity contribution in [2.75, 3.05) is 0 Å². The first-order valence-electron chi connectivity index (χ1n) is 16.1. The largest absolute Gasteiger partial charge is 0.147 e. The monoisotopic (exact) mass is 604 g/mol. The summed E-state index contributed by atoms with van der Waals surface area (Å²) in [5, 5.41) is 0. The molecule has 0 amide bonds. The minimum atomic E-state index is -1.34. The molecule has 5 rings (SSSR count). The maximum Gasteiger partial charge on any atom is -0.147 e. The standard InChI is InChI=1S/C22H39.C10H16N.2ClH.H3Si.Ti/c1-5-8-10-12-13-15-16-21-19(4)18-20(7-3)22(21)17-14-11-9-6-2;11-10-4-7-1-8(5-10)3-9(2-7)6-10;;;;/h19H,5-17H2,1-4H3;7-9,11H,1-6H2;2*1H;1H3;/q;-1;;;;+1. The van der Waals surface area contributed by atoms with Crippen LogP contribution < -0.4 is 3.80 Å². The van der Waals surface area contributed by atoms with Gasteiger partial charge in [0, 0.05) is 0 Å². The Morgan fingerprint density at radius 3 is 1.76 bits per heavy atom. The first kappa shape index (κ1) is 34.2. The topological polar surface area (TPSA) is 12.0 Å². The Hall–Kier alpha value is 0.951. The van der Waals surface area contributed by atoms with Gasteiger partial charge >= 0.3 is 229 Å². The van der Waals surface area contributed by atoms with Gasteiger partial charge in [0.15, 0.2) is 0 Å². The Balaban J connectivity index is 0.00000241. The van der Waals surface area contributed by atoms with Crippen molar-refractivity contribution >= 4 is 32.9 Å². The van der Waals surface area contributed by atoms with E-state index in [9.17, 15) is 0 Å². The second kappa shape index (κ2) is 16.4. The number of allylic oxidation sites excluding steroid dienone is 4. The molecule has 1 unspecified atom stereocenters.